The van der Waals surface area contributed by atoms with E-state index in [4.69, 9.17) is 4.74 Å². The minimum atomic E-state index is 0.519. The molecule has 1 heterocycles. The highest BCUT2D eigenvalue weighted by atomic mass is 16.6. The first-order chi connectivity index (χ1) is 9.88. The quantitative estimate of drug-likeness (QED) is 0.222. The van der Waals surface area contributed by atoms with Crippen molar-refractivity contribution in [1.29, 1.82) is 0 Å². The van der Waals surface area contributed by atoms with Crippen LogP contribution in [0.5, 0.6) is 0 Å². The largest absolute Gasteiger partial charge is 0.369 e. The van der Waals surface area contributed by atoms with E-state index in [1.165, 1.54) is 64.2 Å². The van der Waals surface area contributed by atoms with Crippen LogP contribution in [0, 0.1) is 0 Å². The topological polar surface area (TPSA) is 12.5 Å². The third-order valence-corrected chi connectivity index (χ3v) is 4.01. The van der Waals surface area contributed by atoms with Crippen LogP contribution in [0.3, 0.4) is 0 Å². The number of allylic oxidation sites excluding steroid dienone is 3. The fourth-order valence-electron chi connectivity index (χ4n) is 2.57. The summed E-state index contributed by atoms with van der Waals surface area (Å²) in [5.41, 5.74) is 0. The van der Waals surface area contributed by atoms with Gasteiger partial charge in [-0.1, -0.05) is 83.1 Å². The van der Waals surface area contributed by atoms with Gasteiger partial charge in [-0.3, -0.25) is 0 Å². The summed E-state index contributed by atoms with van der Waals surface area (Å²) in [7, 11) is 0. The van der Waals surface area contributed by atoms with Gasteiger partial charge in [-0.15, -0.1) is 0 Å². The summed E-state index contributed by atoms with van der Waals surface area (Å²) in [6, 6.07) is 0. The van der Waals surface area contributed by atoms with E-state index in [1.807, 2.05) is 0 Å². The van der Waals surface area contributed by atoms with Gasteiger partial charge in [0.2, 0.25) is 0 Å². The minimum absolute atomic E-state index is 0.519. The van der Waals surface area contributed by atoms with Crippen molar-refractivity contribution in [3.05, 3.63) is 24.3 Å². The highest BCUT2D eigenvalue weighted by Gasteiger charge is 2.36. The van der Waals surface area contributed by atoms with Crippen LogP contribution in [0.4, 0.5) is 0 Å². The van der Waals surface area contributed by atoms with Gasteiger partial charge in [-0.05, 0) is 25.7 Å². The van der Waals surface area contributed by atoms with Crippen molar-refractivity contribution in [3.63, 3.8) is 0 Å². The Bertz CT molecular complexity index is 267. The second-order valence-electron chi connectivity index (χ2n) is 6.00. The van der Waals surface area contributed by atoms with E-state index in [-0.39, 0.29) is 0 Å². The molecule has 1 aliphatic heterocycles. The van der Waals surface area contributed by atoms with Crippen LogP contribution in [0.2, 0.25) is 0 Å². The van der Waals surface area contributed by atoms with E-state index >= 15 is 0 Å². The number of hydrogen-bond acceptors (Lipinski definition) is 1. The number of unbranched alkanes of at least 4 members (excludes halogenated alkanes) is 7. The second-order valence-corrected chi connectivity index (χ2v) is 6.00. The van der Waals surface area contributed by atoms with E-state index in [0.29, 0.717) is 12.2 Å². The molecule has 1 heteroatoms. The monoisotopic (exact) mass is 278 g/mol. The van der Waals surface area contributed by atoms with Crippen molar-refractivity contribution < 1.29 is 4.74 Å². The average Bonchev–Trinajstić information content (AvgIpc) is 3.20. The van der Waals surface area contributed by atoms with Crippen molar-refractivity contribution >= 4 is 0 Å². The molecule has 0 amide bonds. The maximum Gasteiger partial charge on any atom is 0.0876 e. The van der Waals surface area contributed by atoms with Crippen molar-refractivity contribution in [1.82, 2.24) is 0 Å². The Morgan fingerprint density at radius 2 is 1.45 bits per heavy atom. The lowest BCUT2D eigenvalue weighted by Crippen LogP contribution is -1.92. The summed E-state index contributed by atoms with van der Waals surface area (Å²) >= 11 is 0. The first-order valence-electron chi connectivity index (χ1n) is 8.85. The van der Waals surface area contributed by atoms with E-state index < -0.39 is 0 Å². The molecule has 1 aliphatic rings. The lowest BCUT2D eigenvalue weighted by molar-refractivity contribution is 0.359. The molecule has 0 saturated carbocycles. The molecule has 0 N–H and O–H groups in total. The maximum absolute atomic E-state index is 5.67. The molecular formula is C19H34O. The summed E-state index contributed by atoms with van der Waals surface area (Å²) in [4.78, 5) is 0. The Hall–Kier alpha value is -0.560. The van der Waals surface area contributed by atoms with Crippen LogP contribution < -0.4 is 0 Å². The Kier molecular flexibility index (Phi) is 10.7. The Morgan fingerprint density at radius 3 is 2.25 bits per heavy atom. The highest BCUT2D eigenvalue weighted by Crippen LogP contribution is 2.30. The van der Waals surface area contributed by atoms with E-state index in [0.717, 1.165) is 6.42 Å². The van der Waals surface area contributed by atoms with Crippen LogP contribution in [0.25, 0.3) is 0 Å². The zero-order valence-electron chi connectivity index (χ0n) is 13.7. The zero-order chi connectivity index (χ0) is 14.5. The molecule has 20 heavy (non-hydrogen) atoms. The number of rotatable bonds is 13. The molecule has 1 fully saturated rings. The molecule has 0 bridgehead atoms. The third kappa shape index (κ3) is 9.36. The molecule has 0 spiro atoms. The minimum Gasteiger partial charge on any atom is -0.369 e. The smallest absolute Gasteiger partial charge is 0.0876 e. The normalized spacial score (nSPS) is 22.1. The van der Waals surface area contributed by atoms with Gasteiger partial charge >= 0.3 is 0 Å². The fourth-order valence-corrected chi connectivity index (χ4v) is 2.57. The highest BCUT2D eigenvalue weighted by molar-refractivity contribution is 5.04. The summed E-state index contributed by atoms with van der Waals surface area (Å²) in [5.74, 6) is 0. The Balaban J connectivity index is 1.87. The van der Waals surface area contributed by atoms with Crippen molar-refractivity contribution in [2.24, 2.45) is 0 Å². The van der Waals surface area contributed by atoms with Gasteiger partial charge < -0.3 is 4.74 Å². The second kappa shape index (κ2) is 12.2. The molecule has 0 aromatic heterocycles. The molecule has 0 aromatic rings. The number of hydrogen-bond donors (Lipinski definition) is 0. The standard InChI is InChI=1S/C19H34O/c1-3-5-7-8-9-10-11-12-13-15-17-19-18(20-19)16-14-6-4-2/h11-13,15,18-19H,3-10,14,16-17H2,1-2H3/b12-11+,15-13-. The molecule has 116 valence electrons. The van der Waals surface area contributed by atoms with Crippen LogP contribution in [0.15, 0.2) is 24.3 Å². The van der Waals surface area contributed by atoms with E-state index in [2.05, 4.69) is 38.2 Å². The molecule has 0 radical (unpaired) electrons. The average molecular weight is 278 g/mol. The molecule has 1 rings (SSSR count). The molecule has 1 nitrogen and oxygen atoms in total. The van der Waals surface area contributed by atoms with Crippen molar-refractivity contribution in [3.8, 4) is 0 Å². The molecule has 0 aliphatic carbocycles. The first kappa shape index (κ1) is 17.5. The Morgan fingerprint density at radius 1 is 0.750 bits per heavy atom. The molecule has 1 saturated heterocycles. The summed E-state index contributed by atoms with van der Waals surface area (Å²) in [5, 5.41) is 0. The molecule has 2 unspecified atom stereocenters. The summed E-state index contributed by atoms with van der Waals surface area (Å²) in [6.07, 6.45) is 24.5. The van der Waals surface area contributed by atoms with Crippen LogP contribution in [0.1, 0.15) is 84.5 Å². The zero-order valence-corrected chi connectivity index (χ0v) is 13.7. The van der Waals surface area contributed by atoms with Gasteiger partial charge in [0.25, 0.3) is 0 Å². The predicted octanol–water partition coefficient (Wildman–Crippen LogP) is 6.20. The Labute approximate surface area is 126 Å². The molecule has 0 aromatic carbocycles. The van der Waals surface area contributed by atoms with Crippen LogP contribution in [-0.4, -0.2) is 12.2 Å². The van der Waals surface area contributed by atoms with Gasteiger partial charge in [0.1, 0.15) is 0 Å². The van der Waals surface area contributed by atoms with Crippen molar-refractivity contribution in [2.45, 2.75) is 96.7 Å². The molecule has 2 atom stereocenters. The van der Waals surface area contributed by atoms with E-state index in [9.17, 15) is 0 Å². The summed E-state index contributed by atoms with van der Waals surface area (Å²) < 4.78 is 5.67. The predicted molar refractivity (Wildman–Crippen MR) is 89.1 cm³/mol. The number of ether oxygens (including phenoxy) is 1. The lowest BCUT2D eigenvalue weighted by atomic mass is 10.1. The van der Waals surface area contributed by atoms with E-state index in [1.54, 1.807) is 0 Å². The fraction of sp³-hybridized carbons (Fsp3) is 0.789. The van der Waals surface area contributed by atoms with Gasteiger partial charge in [-0.25, -0.2) is 0 Å². The van der Waals surface area contributed by atoms with Gasteiger partial charge in [0, 0.05) is 0 Å². The van der Waals surface area contributed by atoms with Crippen LogP contribution >= 0.6 is 0 Å². The SMILES string of the molecule is CCCCCCC/C=C/C=C\CC1OC1CCCCC. The number of epoxide rings is 1. The lowest BCUT2D eigenvalue weighted by Gasteiger charge is -1.95. The van der Waals surface area contributed by atoms with Gasteiger partial charge in [0.15, 0.2) is 0 Å². The summed E-state index contributed by atoms with van der Waals surface area (Å²) in [6.45, 7) is 4.52. The van der Waals surface area contributed by atoms with Gasteiger partial charge in [0.05, 0.1) is 12.2 Å². The molecular weight excluding hydrogens is 244 g/mol. The maximum atomic E-state index is 5.67. The van der Waals surface area contributed by atoms with Gasteiger partial charge in [-0.2, -0.15) is 0 Å². The van der Waals surface area contributed by atoms with Crippen LogP contribution in [-0.2, 0) is 4.74 Å². The first-order valence-corrected chi connectivity index (χ1v) is 8.85. The van der Waals surface area contributed by atoms with Crippen molar-refractivity contribution in [2.75, 3.05) is 0 Å². The third-order valence-electron chi connectivity index (χ3n) is 4.01.